The van der Waals surface area contributed by atoms with Gasteiger partial charge in [-0.2, -0.15) is 5.10 Å². The number of H-pyrrole nitrogens is 1. The van der Waals surface area contributed by atoms with Gasteiger partial charge in [-0.1, -0.05) is 11.3 Å². The number of rotatable bonds is 2. The van der Waals surface area contributed by atoms with Crippen molar-refractivity contribution in [3.8, 4) is 15.8 Å². The van der Waals surface area contributed by atoms with Crippen LogP contribution in [0.4, 0.5) is 5.82 Å². The summed E-state index contributed by atoms with van der Waals surface area (Å²) < 4.78 is 4.96. The summed E-state index contributed by atoms with van der Waals surface area (Å²) in [6.07, 6.45) is 1.72. The lowest BCUT2D eigenvalue weighted by atomic mass is 10.4. The van der Waals surface area contributed by atoms with Crippen LogP contribution in [0.1, 0.15) is 0 Å². The number of nitrogens with one attached hydrogen (secondary N) is 1. The molecule has 68 valence electrons. The maximum absolute atomic E-state index is 5.47. The number of nitrogen functional groups attached to an aromatic ring is 1. The average molecular weight is 196 g/mol. The number of nitrogens with zero attached hydrogens (tertiary/aromatic N) is 2. The van der Waals surface area contributed by atoms with Crippen LogP contribution in [-0.2, 0) is 0 Å². The van der Waals surface area contributed by atoms with Crippen LogP contribution in [0.5, 0.6) is 5.19 Å². The molecular weight excluding hydrogens is 188 g/mol. The third-order valence-electron chi connectivity index (χ3n) is 1.52. The van der Waals surface area contributed by atoms with E-state index >= 15 is 0 Å². The lowest BCUT2D eigenvalue weighted by molar-refractivity contribution is 0.412. The Balaban J connectivity index is 2.35. The van der Waals surface area contributed by atoms with E-state index in [2.05, 4.69) is 15.2 Å². The van der Waals surface area contributed by atoms with E-state index in [-0.39, 0.29) is 0 Å². The van der Waals surface area contributed by atoms with E-state index in [1.165, 1.54) is 11.3 Å². The Hall–Kier alpha value is -1.56. The maximum atomic E-state index is 5.47. The highest BCUT2D eigenvalue weighted by atomic mass is 32.1. The molecule has 13 heavy (non-hydrogen) atoms. The molecule has 0 saturated heterocycles. The zero-order valence-corrected chi connectivity index (χ0v) is 7.76. The minimum atomic E-state index is 0.474. The fourth-order valence-corrected chi connectivity index (χ4v) is 1.64. The first-order valence-corrected chi connectivity index (χ1v) is 4.42. The summed E-state index contributed by atoms with van der Waals surface area (Å²) in [4.78, 5) is 4.99. The highest BCUT2D eigenvalue weighted by Crippen LogP contribution is 2.29. The summed E-state index contributed by atoms with van der Waals surface area (Å²) in [5.41, 5.74) is 6.33. The predicted molar refractivity (Wildman–Crippen MR) is 50.7 cm³/mol. The van der Waals surface area contributed by atoms with Gasteiger partial charge in [0.25, 0.3) is 5.19 Å². The third kappa shape index (κ3) is 1.48. The van der Waals surface area contributed by atoms with Crippen molar-refractivity contribution in [3.63, 3.8) is 0 Å². The molecule has 0 spiro atoms. The van der Waals surface area contributed by atoms with Gasteiger partial charge < -0.3 is 10.5 Å². The number of ether oxygens (including phenoxy) is 1. The molecule has 0 bridgehead atoms. The molecule has 2 heterocycles. The molecule has 2 rings (SSSR count). The topological polar surface area (TPSA) is 76.8 Å². The number of aromatic amines is 1. The second-order valence-corrected chi connectivity index (χ2v) is 3.39. The number of thiazole rings is 1. The number of aromatic nitrogens is 3. The lowest BCUT2D eigenvalue weighted by Gasteiger charge is -1.87. The van der Waals surface area contributed by atoms with Crippen LogP contribution >= 0.6 is 11.3 Å². The van der Waals surface area contributed by atoms with Crippen LogP contribution in [0.15, 0.2) is 12.3 Å². The van der Waals surface area contributed by atoms with E-state index in [4.69, 9.17) is 10.5 Å². The van der Waals surface area contributed by atoms with Crippen LogP contribution in [0.25, 0.3) is 10.6 Å². The molecule has 0 aliphatic heterocycles. The molecule has 6 heteroatoms. The Morgan fingerprint density at radius 1 is 1.62 bits per heavy atom. The average Bonchev–Trinajstić information content (AvgIpc) is 2.71. The Bertz CT molecular complexity index is 408. The SMILES string of the molecule is COc1ncc(-c2cc(N)n[nH]2)s1. The highest BCUT2D eigenvalue weighted by molar-refractivity contribution is 7.16. The van der Waals surface area contributed by atoms with Crippen molar-refractivity contribution in [2.75, 3.05) is 12.8 Å². The van der Waals surface area contributed by atoms with E-state index in [1.807, 2.05) is 0 Å². The van der Waals surface area contributed by atoms with Gasteiger partial charge in [-0.05, 0) is 0 Å². The first kappa shape index (κ1) is 8.06. The molecule has 0 fully saturated rings. The lowest BCUT2D eigenvalue weighted by Crippen LogP contribution is -1.81. The number of hydrogen-bond acceptors (Lipinski definition) is 5. The van der Waals surface area contributed by atoms with Crippen LogP contribution in [-0.4, -0.2) is 22.3 Å². The molecule has 0 aliphatic rings. The number of anilines is 1. The highest BCUT2D eigenvalue weighted by Gasteiger charge is 2.06. The van der Waals surface area contributed by atoms with Gasteiger partial charge in [-0.25, -0.2) is 4.98 Å². The minimum Gasteiger partial charge on any atom is -0.473 e. The summed E-state index contributed by atoms with van der Waals surface area (Å²) >= 11 is 1.44. The van der Waals surface area contributed by atoms with Crippen molar-refractivity contribution in [1.82, 2.24) is 15.2 Å². The standard InChI is InChI=1S/C7H8N4OS/c1-12-7-9-3-5(13-7)4-2-6(8)11-10-4/h2-3H,1H3,(H3,8,10,11). The van der Waals surface area contributed by atoms with Crippen molar-refractivity contribution < 1.29 is 4.74 Å². The van der Waals surface area contributed by atoms with Gasteiger partial charge in [0.2, 0.25) is 0 Å². The van der Waals surface area contributed by atoms with Crippen molar-refractivity contribution in [1.29, 1.82) is 0 Å². The second-order valence-electron chi connectivity index (χ2n) is 2.40. The molecule has 0 unspecified atom stereocenters. The van der Waals surface area contributed by atoms with Crippen molar-refractivity contribution in [2.24, 2.45) is 0 Å². The zero-order chi connectivity index (χ0) is 9.26. The maximum Gasteiger partial charge on any atom is 0.273 e. The molecule has 3 N–H and O–H groups in total. The first-order chi connectivity index (χ1) is 6.29. The second kappa shape index (κ2) is 3.06. The summed E-state index contributed by atoms with van der Waals surface area (Å²) in [7, 11) is 1.59. The van der Waals surface area contributed by atoms with Gasteiger partial charge in [0.1, 0.15) is 5.82 Å². The van der Waals surface area contributed by atoms with Gasteiger partial charge in [-0.3, -0.25) is 5.10 Å². The summed E-state index contributed by atoms with van der Waals surface area (Å²) in [6.45, 7) is 0. The Labute approximate surface area is 78.6 Å². The van der Waals surface area contributed by atoms with E-state index in [0.29, 0.717) is 11.0 Å². The zero-order valence-electron chi connectivity index (χ0n) is 6.94. The molecule has 0 atom stereocenters. The predicted octanol–water partition coefficient (Wildman–Crippen LogP) is 1.12. The smallest absolute Gasteiger partial charge is 0.273 e. The number of hydrogen-bond donors (Lipinski definition) is 2. The van der Waals surface area contributed by atoms with E-state index in [0.717, 1.165) is 10.6 Å². The Kier molecular flexibility index (Phi) is 1.90. The minimum absolute atomic E-state index is 0.474. The Morgan fingerprint density at radius 2 is 2.46 bits per heavy atom. The van der Waals surface area contributed by atoms with Crippen LogP contribution < -0.4 is 10.5 Å². The molecule has 0 radical (unpaired) electrons. The number of nitrogens with two attached hydrogens (primary N) is 1. The molecule has 2 aromatic heterocycles. The van der Waals surface area contributed by atoms with Crippen molar-refractivity contribution in [2.45, 2.75) is 0 Å². The van der Waals surface area contributed by atoms with Crippen LogP contribution in [0.2, 0.25) is 0 Å². The van der Waals surface area contributed by atoms with E-state index in [9.17, 15) is 0 Å². The Morgan fingerprint density at radius 3 is 3.00 bits per heavy atom. The molecule has 0 amide bonds. The van der Waals surface area contributed by atoms with Gasteiger partial charge in [0, 0.05) is 6.07 Å². The fraction of sp³-hybridized carbons (Fsp3) is 0.143. The third-order valence-corrected chi connectivity index (χ3v) is 2.51. The van der Waals surface area contributed by atoms with Gasteiger partial charge in [-0.15, -0.1) is 0 Å². The monoisotopic (exact) mass is 196 g/mol. The summed E-state index contributed by atoms with van der Waals surface area (Å²) in [5, 5.41) is 7.25. The van der Waals surface area contributed by atoms with E-state index in [1.54, 1.807) is 19.4 Å². The molecule has 0 aromatic carbocycles. The van der Waals surface area contributed by atoms with E-state index < -0.39 is 0 Å². The van der Waals surface area contributed by atoms with Gasteiger partial charge >= 0.3 is 0 Å². The summed E-state index contributed by atoms with van der Waals surface area (Å²) in [5.74, 6) is 0.474. The molecule has 0 aliphatic carbocycles. The van der Waals surface area contributed by atoms with Gasteiger partial charge in [0.15, 0.2) is 0 Å². The number of methoxy groups -OCH3 is 1. The van der Waals surface area contributed by atoms with Crippen molar-refractivity contribution >= 4 is 17.2 Å². The van der Waals surface area contributed by atoms with Crippen molar-refractivity contribution in [3.05, 3.63) is 12.3 Å². The first-order valence-electron chi connectivity index (χ1n) is 3.60. The molecular formula is C7H8N4OS. The molecule has 5 nitrogen and oxygen atoms in total. The van der Waals surface area contributed by atoms with Gasteiger partial charge in [0.05, 0.1) is 23.9 Å². The summed E-state index contributed by atoms with van der Waals surface area (Å²) in [6, 6.07) is 1.76. The normalized spacial score (nSPS) is 10.2. The van der Waals surface area contributed by atoms with Crippen LogP contribution in [0.3, 0.4) is 0 Å². The molecule has 2 aromatic rings. The largest absolute Gasteiger partial charge is 0.473 e. The van der Waals surface area contributed by atoms with Crippen LogP contribution in [0, 0.1) is 0 Å². The molecule has 0 saturated carbocycles. The quantitative estimate of drug-likeness (QED) is 0.754. The fourth-order valence-electron chi connectivity index (χ4n) is 0.940.